The van der Waals surface area contributed by atoms with Crippen LogP contribution in [0.15, 0.2) is 21.7 Å². The first-order chi connectivity index (χ1) is 7.59. The van der Waals surface area contributed by atoms with Crippen LogP contribution < -0.4 is 0 Å². The highest BCUT2D eigenvalue weighted by Gasteiger charge is 2.10. The maximum absolute atomic E-state index is 11.7. The molecule has 0 aromatic carbocycles. The molecule has 0 saturated carbocycles. The van der Waals surface area contributed by atoms with Crippen LogP contribution in [-0.4, -0.2) is 41.4 Å². The van der Waals surface area contributed by atoms with Crippen molar-refractivity contribution in [1.82, 2.24) is 4.90 Å². The van der Waals surface area contributed by atoms with Gasteiger partial charge in [-0.3, -0.25) is 4.79 Å². The van der Waals surface area contributed by atoms with E-state index >= 15 is 0 Å². The summed E-state index contributed by atoms with van der Waals surface area (Å²) in [4.78, 5) is 13.4. The van der Waals surface area contributed by atoms with Crippen molar-refractivity contribution in [3.05, 3.63) is 17.5 Å². The van der Waals surface area contributed by atoms with Gasteiger partial charge >= 0.3 is 0 Å². The van der Waals surface area contributed by atoms with Crippen molar-refractivity contribution in [2.75, 3.05) is 19.3 Å². The molecule has 0 aliphatic heterocycles. The number of amides is 1. The lowest BCUT2D eigenvalue weighted by Gasteiger charge is -2.17. The van der Waals surface area contributed by atoms with Gasteiger partial charge in [-0.1, -0.05) is 6.07 Å². The fourth-order valence-electron chi connectivity index (χ4n) is 1.09. The Labute approximate surface area is 104 Å². The number of thioether (sulfide) groups is 1. The fourth-order valence-corrected chi connectivity index (χ4v) is 2.82. The molecule has 0 radical (unpaired) electrons. The predicted octanol–water partition coefficient (Wildman–Crippen LogP) is 2.07. The van der Waals surface area contributed by atoms with E-state index < -0.39 is 0 Å². The van der Waals surface area contributed by atoms with Gasteiger partial charge in [0.15, 0.2) is 0 Å². The van der Waals surface area contributed by atoms with Crippen LogP contribution in [0.1, 0.15) is 13.3 Å². The van der Waals surface area contributed by atoms with Crippen molar-refractivity contribution < 1.29 is 9.90 Å². The number of thiophene rings is 1. The van der Waals surface area contributed by atoms with Gasteiger partial charge in [0.2, 0.25) is 5.91 Å². The molecule has 1 heterocycles. The van der Waals surface area contributed by atoms with Gasteiger partial charge in [0.25, 0.3) is 0 Å². The highest BCUT2D eigenvalue weighted by Crippen LogP contribution is 2.23. The summed E-state index contributed by atoms with van der Waals surface area (Å²) >= 11 is 3.21. The quantitative estimate of drug-likeness (QED) is 0.795. The molecule has 0 aliphatic rings. The highest BCUT2D eigenvalue weighted by atomic mass is 32.2. The predicted molar refractivity (Wildman–Crippen MR) is 69.0 cm³/mol. The molecule has 0 spiro atoms. The second-order valence-electron chi connectivity index (χ2n) is 3.67. The third-order valence-electron chi connectivity index (χ3n) is 2.14. The molecule has 0 aliphatic carbocycles. The summed E-state index contributed by atoms with van der Waals surface area (Å²) in [5.41, 5.74) is 0. The van der Waals surface area contributed by atoms with Gasteiger partial charge in [0.05, 0.1) is 16.1 Å². The molecule has 5 heteroatoms. The van der Waals surface area contributed by atoms with Crippen LogP contribution >= 0.6 is 23.1 Å². The van der Waals surface area contributed by atoms with Crippen molar-refractivity contribution in [3.8, 4) is 0 Å². The zero-order valence-corrected chi connectivity index (χ0v) is 11.2. The van der Waals surface area contributed by atoms with Gasteiger partial charge in [-0.15, -0.1) is 23.1 Å². The lowest BCUT2D eigenvalue weighted by Crippen LogP contribution is -2.30. The van der Waals surface area contributed by atoms with E-state index in [1.807, 2.05) is 17.5 Å². The van der Waals surface area contributed by atoms with E-state index in [-0.39, 0.29) is 12.0 Å². The third-order valence-corrected chi connectivity index (χ3v) is 4.26. The van der Waals surface area contributed by atoms with E-state index in [4.69, 9.17) is 5.11 Å². The molecular formula is C11H17NO2S2. The second-order valence-corrected chi connectivity index (χ2v) is 5.90. The van der Waals surface area contributed by atoms with E-state index in [1.54, 1.807) is 42.0 Å². The molecule has 0 saturated heterocycles. The third kappa shape index (κ3) is 5.01. The maximum atomic E-state index is 11.7. The molecule has 0 fully saturated rings. The summed E-state index contributed by atoms with van der Waals surface area (Å²) in [5, 5.41) is 11.1. The van der Waals surface area contributed by atoms with E-state index in [1.165, 1.54) is 0 Å². The molecule has 1 amide bonds. The summed E-state index contributed by atoms with van der Waals surface area (Å²) in [6.07, 6.45) is 0.284. The van der Waals surface area contributed by atoms with Crippen molar-refractivity contribution in [2.45, 2.75) is 23.7 Å². The standard InChI is InChI=1S/C11H17NO2S2/c1-9(13)5-6-12(2)10(14)8-16-11-4-3-7-15-11/h3-4,7,9,13H,5-6,8H2,1-2H3. The van der Waals surface area contributed by atoms with Crippen LogP contribution in [0, 0.1) is 0 Å². The SMILES string of the molecule is CC(O)CCN(C)C(=O)CSc1cccs1. The molecule has 1 atom stereocenters. The average Bonchev–Trinajstić information content (AvgIpc) is 2.75. The highest BCUT2D eigenvalue weighted by molar-refractivity contribution is 8.01. The Bertz CT molecular complexity index is 312. The van der Waals surface area contributed by atoms with Crippen LogP contribution in [0.2, 0.25) is 0 Å². The van der Waals surface area contributed by atoms with E-state index in [0.717, 1.165) is 4.21 Å². The smallest absolute Gasteiger partial charge is 0.232 e. The lowest BCUT2D eigenvalue weighted by molar-refractivity contribution is -0.127. The number of hydrogen-bond donors (Lipinski definition) is 1. The summed E-state index contributed by atoms with van der Waals surface area (Å²) < 4.78 is 1.16. The normalized spacial score (nSPS) is 12.4. The average molecular weight is 259 g/mol. The van der Waals surface area contributed by atoms with Gasteiger partial charge in [0, 0.05) is 13.6 Å². The van der Waals surface area contributed by atoms with E-state index in [0.29, 0.717) is 18.7 Å². The Morgan fingerprint density at radius 2 is 2.44 bits per heavy atom. The first-order valence-corrected chi connectivity index (χ1v) is 7.04. The summed E-state index contributed by atoms with van der Waals surface area (Å²) in [7, 11) is 1.78. The molecule has 3 nitrogen and oxygen atoms in total. The number of aliphatic hydroxyl groups excluding tert-OH is 1. The number of hydrogen-bond acceptors (Lipinski definition) is 4. The van der Waals surface area contributed by atoms with Crippen molar-refractivity contribution in [2.24, 2.45) is 0 Å². The zero-order chi connectivity index (χ0) is 12.0. The molecule has 1 aromatic heterocycles. The Morgan fingerprint density at radius 1 is 1.69 bits per heavy atom. The minimum absolute atomic E-state index is 0.110. The zero-order valence-electron chi connectivity index (χ0n) is 9.55. The largest absolute Gasteiger partial charge is 0.393 e. The molecule has 1 aromatic rings. The Hall–Kier alpha value is -0.520. The number of carbonyl (C=O) groups excluding carboxylic acids is 1. The number of carbonyl (C=O) groups is 1. The summed E-state index contributed by atoms with van der Waals surface area (Å²) in [5.74, 6) is 0.579. The van der Waals surface area contributed by atoms with Gasteiger partial charge < -0.3 is 10.0 Å². The van der Waals surface area contributed by atoms with Crippen LogP contribution in [-0.2, 0) is 4.79 Å². The van der Waals surface area contributed by atoms with Gasteiger partial charge in [-0.05, 0) is 24.8 Å². The summed E-state index contributed by atoms with van der Waals surface area (Å²) in [6, 6.07) is 3.99. The van der Waals surface area contributed by atoms with Crippen LogP contribution in [0.4, 0.5) is 0 Å². The molecular weight excluding hydrogens is 242 g/mol. The second kappa shape index (κ2) is 6.93. The Balaban J connectivity index is 2.23. The fraction of sp³-hybridized carbons (Fsp3) is 0.545. The maximum Gasteiger partial charge on any atom is 0.232 e. The van der Waals surface area contributed by atoms with E-state index in [9.17, 15) is 4.79 Å². The van der Waals surface area contributed by atoms with Crippen LogP contribution in [0.25, 0.3) is 0 Å². The molecule has 16 heavy (non-hydrogen) atoms. The molecule has 90 valence electrons. The number of aliphatic hydroxyl groups is 1. The van der Waals surface area contributed by atoms with Gasteiger partial charge in [-0.2, -0.15) is 0 Å². The van der Waals surface area contributed by atoms with Crippen molar-refractivity contribution in [1.29, 1.82) is 0 Å². The molecule has 1 unspecified atom stereocenters. The van der Waals surface area contributed by atoms with Gasteiger partial charge in [0.1, 0.15) is 0 Å². The topological polar surface area (TPSA) is 40.5 Å². The van der Waals surface area contributed by atoms with Crippen molar-refractivity contribution in [3.63, 3.8) is 0 Å². The molecule has 1 rings (SSSR count). The number of nitrogens with zero attached hydrogens (tertiary/aromatic N) is 1. The molecule has 0 bridgehead atoms. The number of rotatable bonds is 6. The first-order valence-electron chi connectivity index (χ1n) is 5.18. The lowest BCUT2D eigenvalue weighted by atomic mass is 10.3. The monoisotopic (exact) mass is 259 g/mol. The van der Waals surface area contributed by atoms with Crippen LogP contribution in [0.5, 0.6) is 0 Å². The van der Waals surface area contributed by atoms with Gasteiger partial charge in [-0.25, -0.2) is 0 Å². The van der Waals surface area contributed by atoms with Crippen molar-refractivity contribution >= 4 is 29.0 Å². The Kier molecular flexibility index (Phi) is 5.87. The minimum atomic E-state index is -0.347. The van der Waals surface area contributed by atoms with Crippen LogP contribution in [0.3, 0.4) is 0 Å². The first kappa shape index (κ1) is 13.5. The summed E-state index contributed by atoms with van der Waals surface area (Å²) in [6.45, 7) is 2.35. The van der Waals surface area contributed by atoms with E-state index in [2.05, 4.69) is 0 Å². The molecule has 1 N–H and O–H groups in total. The minimum Gasteiger partial charge on any atom is -0.393 e. The Morgan fingerprint density at radius 3 is 3.00 bits per heavy atom.